The van der Waals surface area contributed by atoms with Crippen molar-refractivity contribution in [3.8, 4) is 5.75 Å². The zero-order valence-corrected chi connectivity index (χ0v) is 15.3. The minimum Gasteiger partial charge on any atom is -0.507 e. The molecule has 130 valence electrons. The highest BCUT2D eigenvalue weighted by Gasteiger charge is 2.52. The topological polar surface area (TPSA) is 81.8 Å². The molecule has 1 heterocycles. The summed E-state index contributed by atoms with van der Waals surface area (Å²) in [4.78, 5) is 11.5. The van der Waals surface area contributed by atoms with Crippen molar-refractivity contribution in [2.45, 2.75) is 52.7 Å². The number of rotatable bonds is 4. The fraction of sp³-hybridized carbons (Fsp3) is 0.500. The van der Waals surface area contributed by atoms with Crippen LogP contribution in [-0.4, -0.2) is 35.8 Å². The Kier molecular flexibility index (Phi) is 4.95. The van der Waals surface area contributed by atoms with E-state index >= 15 is 0 Å². The average Bonchev–Trinajstić information content (AvgIpc) is 2.67. The summed E-state index contributed by atoms with van der Waals surface area (Å²) in [5, 5.41) is 10.1. The van der Waals surface area contributed by atoms with Crippen LogP contribution >= 0.6 is 0 Å². The van der Waals surface area contributed by atoms with Gasteiger partial charge in [-0.15, -0.1) is 0 Å². The van der Waals surface area contributed by atoms with E-state index in [0.29, 0.717) is 5.56 Å². The molecule has 1 aromatic carbocycles. The zero-order valence-electron chi connectivity index (χ0n) is 15.3. The van der Waals surface area contributed by atoms with Crippen LogP contribution in [0.4, 0.5) is 0 Å². The Morgan fingerprint density at radius 2 is 1.79 bits per heavy atom. The number of nitrogens with two attached hydrogens (primary N) is 1. The highest BCUT2D eigenvalue weighted by Crippen LogP contribution is 2.39. The van der Waals surface area contributed by atoms with E-state index in [4.69, 9.17) is 15.0 Å². The fourth-order valence-corrected chi connectivity index (χ4v) is 2.57. The summed E-state index contributed by atoms with van der Waals surface area (Å²) in [6.07, 6.45) is 1.86. The monoisotopic (exact) mass is 331 g/mol. The van der Waals surface area contributed by atoms with Gasteiger partial charge in [0.2, 0.25) is 0 Å². The molecule has 0 amide bonds. The normalized spacial score (nSPS) is 19.6. The van der Waals surface area contributed by atoms with Crippen molar-refractivity contribution < 1.29 is 19.2 Å². The van der Waals surface area contributed by atoms with Crippen molar-refractivity contribution in [2.24, 2.45) is 5.73 Å². The van der Waals surface area contributed by atoms with Crippen LogP contribution in [0.15, 0.2) is 17.6 Å². The summed E-state index contributed by atoms with van der Waals surface area (Å²) >= 11 is 0. The lowest BCUT2D eigenvalue weighted by atomic mass is 9.76. The first-order valence-corrected chi connectivity index (χ1v) is 8.09. The van der Waals surface area contributed by atoms with Gasteiger partial charge >= 0.3 is 7.12 Å². The molecule has 2 rings (SSSR count). The SMILES string of the molecule is CC(=O)c1cc(C)c(C=C(CN)B2OC(C)(C)C(C)(C)O2)cc1O. The van der Waals surface area contributed by atoms with Gasteiger partial charge in [-0.05, 0) is 70.3 Å². The van der Waals surface area contributed by atoms with E-state index in [-0.39, 0.29) is 18.1 Å². The Labute approximate surface area is 144 Å². The van der Waals surface area contributed by atoms with Gasteiger partial charge in [0.15, 0.2) is 5.78 Å². The molecule has 5 nitrogen and oxygen atoms in total. The molecule has 0 bridgehead atoms. The van der Waals surface area contributed by atoms with Crippen LogP contribution in [0.3, 0.4) is 0 Å². The summed E-state index contributed by atoms with van der Waals surface area (Å²) in [5.41, 5.74) is 7.77. The Morgan fingerprint density at radius 1 is 1.25 bits per heavy atom. The van der Waals surface area contributed by atoms with Crippen molar-refractivity contribution in [2.75, 3.05) is 6.54 Å². The van der Waals surface area contributed by atoms with Crippen LogP contribution < -0.4 is 5.73 Å². The summed E-state index contributed by atoms with van der Waals surface area (Å²) in [7, 11) is -0.533. The van der Waals surface area contributed by atoms with E-state index in [2.05, 4.69) is 0 Å². The Bertz CT molecular complexity index is 679. The molecule has 0 unspecified atom stereocenters. The van der Waals surface area contributed by atoms with E-state index < -0.39 is 18.3 Å². The van der Waals surface area contributed by atoms with Gasteiger partial charge in [-0.25, -0.2) is 0 Å². The maximum absolute atomic E-state index is 11.5. The van der Waals surface area contributed by atoms with Crippen LogP contribution in [0, 0.1) is 6.92 Å². The van der Waals surface area contributed by atoms with Gasteiger partial charge in [-0.3, -0.25) is 4.79 Å². The molecule has 0 spiro atoms. The molecular weight excluding hydrogens is 305 g/mol. The smallest absolute Gasteiger partial charge is 0.491 e. The lowest BCUT2D eigenvalue weighted by Crippen LogP contribution is -2.41. The molecular formula is C18H26BNO4. The van der Waals surface area contributed by atoms with Crippen molar-refractivity contribution >= 4 is 19.0 Å². The third kappa shape index (κ3) is 3.41. The van der Waals surface area contributed by atoms with Crippen LogP contribution in [0.1, 0.15) is 56.1 Å². The zero-order chi connectivity index (χ0) is 18.3. The van der Waals surface area contributed by atoms with E-state index in [9.17, 15) is 9.90 Å². The molecule has 3 N–H and O–H groups in total. The lowest BCUT2D eigenvalue weighted by Gasteiger charge is -2.32. The average molecular weight is 331 g/mol. The number of hydrogen-bond donors (Lipinski definition) is 2. The van der Waals surface area contributed by atoms with Crippen LogP contribution in [0.2, 0.25) is 0 Å². The molecule has 1 aliphatic heterocycles. The summed E-state index contributed by atoms with van der Waals surface area (Å²) in [6.45, 7) is 11.5. The van der Waals surface area contributed by atoms with E-state index in [1.807, 2.05) is 40.7 Å². The summed E-state index contributed by atoms with van der Waals surface area (Å²) < 4.78 is 12.1. The molecule has 1 saturated heterocycles. The van der Waals surface area contributed by atoms with Crippen molar-refractivity contribution in [1.82, 2.24) is 0 Å². The number of benzene rings is 1. The quantitative estimate of drug-likeness (QED) is 0.655. The molecule has 1 aromatic rings. The Balaban J connectivity index is 2.39. The first-order chi connectivity index (χ1) is 11.0. The van der Waals surface area contributed by atoms with Gasteiger partial charge in [0.25, 0.3) is 0 Å². The lowest BCUT2D eigenvalue weighted by molar-refractivity contribution is 0.00578. The van der Waals surface area contributed by atoms with Crippen molar-refractivity contribution in [3.63, 3.8) is 0 Å². The standard InChI is InChI=1S/C18H26BNO4/c1-11-7-15(12(2)21)16(22)9-13(11)8-14(10-20)19-23-17(3,4)18(5,6)24-19/h7-9,22H,10,20H2,1-6H3. The number of aryl methyl sites for hydroxylation is 1. The van der Waals surface area contributed by atoms with Crippen LogP contribution in [0.5, 0.6) is 5.75 Å². The van der Waals surface area contributed by atoms with Crippen LogP contribution in [-0.2, 0) is 9.31 Å². The highest BCUT2D eigenvalue weighted by atomic mass is 16.7. The second kappa shape index (κ2) is 6.35. The van der Waals surface area contributed by atoms with Gasteiger partial charge in [0.05, 0.1) is 16.8 Å². The van der Waals surface area contributed by atoms with Gasteiger partial charge in [0.1, 0.15) is 5.75 Å². The molecule has 24 heavy (non-hydrogen) atoms. The van der Waals surface area contributed by atoms with E-state index in [0.717, 1.165) is 16.6 Å². The van der Waals surface area contributed by atoms with Crippen molar-refractivity contribution in [1.29, 1.82) is 0 Å². The number of hydrogen-bond acceptors (Lipinski definition) is 5. The number of aromatic hydroxyl groups is 1. The predicted molar refractivity (Wildman–Crippen MR) is 96.0 cm³/mol. The largest absolute Gasteiger partial charge is 0.507 e. The second-order valence-corrected chi connectivity index (χ2v) is 7.29. The number of phenolic OH excluding ortho intramolecular Hbond substituents is 1. The molecule has 6 heteroatoms. The minimum atomic E-state index is -0.533. The molecule has 0 saturated carbocycles. The summed E-state index contributed by atoms with van der Waals surface area (Å²) in [5.74, 6) is -0.208. The van der Waals surface area contributed by atoms with Crippen molar-refractivity contribution in [3.05, 3.63) is 34.3 Å². The number of Topliss-reactive ketones (excluding diaryl/α,β-unsaturated/α-hetero) is 1. The van der Waals surface area contributed by atoms with Gasteiger partial charge in [-0.2, -0.15) is 0 Å². The minimum absolute atomic E-state index is 0.0374. The molecule has 0 atom stereocenters. The van der Waals surface area contributed by atoms with E-state index in [1.165, 1.54) is 6.92 Å². The number of phenols is 1. The first-order valence-electron chi connectivity index (χ1n) is 8.09. The van der Waals surface area contributed by atoms with E-state index in [1.54, 1.807) is 12.1 Å². The van der Waals surface area contributed by atoms with Gasteiger partial charge in [-0.1, -0.05) is 6.08 Å². The van der Waals surface area contributed by atoms with Crippen LogP contribution in [0.25, 0.3) is 6.08 Å². The highest BCUT2D eigenvalue weighted by molar-refractivity contribution is 6.55. The maximum Gasteiger partial charge on any atom is 0.491 e. The molecule has 0 aliphatic carbocycles. The second-order valence-electron chi connectivity index (χ2n) is 7.29. The molecule has 0 radical (unpaired) electrons. The fourth-order valence-electron chi connectivity index (χ4n) is 2.57. The molecule has 1 fully saturated rings. The number of carbonyl (C=O) groups is 1. The third-order valence-electron chi connectivity index (χ3n) is 4.90. The predicted octanol–water partition coefficient (Wildman–Crippen LogP) is 2.88. The van der Waals surface area contributed by atoms with Gasteiger partial charge < -0.3 is 20.1 Å². The Hall–Kier alpha value is -1.63. The molecule has 0 aromatic heterocycles. The summed E-state index contributed by atoms with van der Waals surface area (Å²) in [6, 6.07) is 3.26. The maximum atomic E-state index is 11.5. The first kappa shape index (κ1) is 18.7. The Morgan fingerprint density at radius 3 is 2.25 bits per heavy atom. The molecule has 1 aliphatic rings. The number of carbonyl (C=O) groups excluding carboxylic acids is 1. The van der Waals surface area contributed by atoms with Gasteiger partial charge in [0, 0.05) is 6.54 Å². The number of ketones is 1. The third-order valence-corrected chi connectivity index (χ3v) is 4.90.